The van der Waals surface area contributed by atoms with Crippen LogP contribution in [0.15, 0.2) is 24.4 Å². The van der Waals surface area contributed by atoms with Crippen molar-refractivity contribution < 1.29 is 13.9 Å². The Morgan fingerprint density at radius 3 is 2.50 bits per heavy atom. The minimum absolute atomic E-state index is 0.0172. The van der Waals surface area contributed by atoms with E-state index >= 15 is 0 Å². The largest absolute Gasteiger partial charge is 0.476 e. The van der Waals surface area contributed by atoms with Gasteiger partial charge in [0.15, 0.2) is 5.60 Å². The number of alkyl halides is 1. The molecule has 4 rings (SSSR count). The van der Waals surface area contributed by atoms with Crippen molar-refractivity contribution in [3.8, 4) is 11.8 Å². The first-order chi connectivity index (χ1) is 17.8. The van der Waals surface area contributed by atoms with E-state index in [4.69, 9.17) is 4.74 Å². The Bertz CT molecular complexity index is 1240. The fraction of sp³-hybridized carbons (Fsp3) is 0.571. The van der Waals surface area contributed by atoms with E-state index in [2.05, 4.69) is 66.3 Å². The molecule has 0 bridgehead atoms. The summed E-state index contributed by atoms with van der Waals surface area (Å²) in [4.78, 5) is 25.8. The molecule has 2 N–H and O–H groups in total. The van der Waals surface area contributed by atoms with Crippen LogP contribution in [0, 0.1) is 11.3 Å². The lowest BCUT2D eigenvalue weighted by Gasteiger charge is -2.53. The molecule has 204 valence electrons. The number of nitriles is 1. The van der Waals surface area contributed by atoms with Gasteiger partial charge in [-0.25, -0.2) is 4.98 Å². The molecule has 3 heterocycles. The van der Waals surface area contributed by atoms with Gasteiger partial charge >= 0.3 is 0 Å². The molecule has 2 aliphatic rings. The summed E-state index contributed by atoms with van der Waals surface area (Å²) in [6.45, 7) is 12.1. The van der Waals surface area contributed by atoms with Crippen LogP contribution in [0.1, 0.15) is 66.4 Å². The van der Waals surface area contributed by atoms with Gasteiger partial charge in [0, 0.05) is 35.4 Å². The van der Waals surface area contributed by atoms with Gasteiger partial charge in [-0.2, -0.15) is 10.2 Å². The Balaban J connectivity index is 1.58. The number of hydrogen-bond donors (Lipinski definition) is 2. The van der Waals surface area contributed by atoms with E-state index in [-0.39, 0.29) is 36.0 Å². The van der Waals surface area contributed by atoms with E-state index in [1.165, 1.54) is 6.20 Å². The highest BCUT2D eigenvalue weighted by Gasteiger charge is 2.43. The van der Waals surface area contributed by atoms with Gasteiger partial charge in [0.1, 0.15) is 23.2 Å². The second-order valence-corrected chi connectivity index (χ2v) is 11.9. The minimum atomic E-state index is -1.07. The third kappa shape index (κ3) is 5.39. The predicted molar refractivity (Wildman–Crippen MR) is 147 cm³/mol. The molecule has 1 amide bonds. The number of nitrogens with zero attached hydrogens (tertiary/aromatic N) is 5. The van der Waals surface area contributed by atoms with Crippen LogP contribution in [0.4, 0.5) is 27.5 Å². The first-order valence-corrected chi connectivity index (χ1v) is 13.0. The molecule has 38 heavy (non-hydrogen) atoms. The van der Waals surface area contributed by atoms with Crippen LogP contribution in [0.25, 0.3) is 0 Å². The van der Waals surface area contributed by atoms with Crippen LogP contribution in [0.2, 0.25) is 0 Å². The van der Waals surface area contributed by atoms with Gasteiger partial charge in [-0.1, -0.05) is 0 Å². The molecule has 1 aromatic heterocycles. The predicted octanol–water partition coefficient (Wildman–Crippen LogP) is 5.02. The maximum Gasteiger partial charge on any atom is 0.270 e. The zero-order valence-corrected chi connectivity index (χ0v) is 23.4. The molecular formula is C28H38FN7O2. The van der Waals surface area contributed by atoms with Crippen LogP contribution in [-0.4, -0.2) is 63.8 Å². The Morgan fingerprint density at radius 1 is 1.18 bits per heavy atom. The smallest absolute Gasteiger partial charge is 0.270 e. The molecule has 9 nitrogen and oxygen atoms in total. The van der Waals surface area contributed by atoms with Gasteiger partial charge in [-0.15, -0.1) is 0 Å². The van der Waals surface area contributed by atoms with Crippen molar-refractivity contribution in [3.63, 3.8) is 0 Å². The third-order valence-electron chi connectivity index (χ3n) is 7.71. The number of fused-ring (bicyclic) bond motifs is 1. The number of amides is 1. The zero-order valence-electron chi connectivity index (χ0n) is 23.4. The van der Waals surface area contributed by atoms with Crippen LogP contribution in [0.5, 0.6) is 5.75 Å². The minimum Gasteiger partial charge on any atom is -0.476 e. The van der Waals surface area contributed by atoms with Crippen LogP contribution >= 0.6 is 0 Å². The maximum atomic E-state index is 12.9. The SMILES string of the molecule is CN1C(C)(C)CC(Nc2nc(Nc3ccc4c(c3)OC(C)(C)C(=O)N4CCCF)ncc2C#N)CC1(C)C. The molecule has 10 heteroatoms. The molecule has 2 aromatic rings. The van der Waals surface area contributed by atoms with Crippen molar-refractivity contribution in [2.75, 3.05) is 35.8 Å². The quantitative estimate of drug-likeness (QED) is 0.521. The molecule has 2 aliphatic heterocycles. The lowest BCUT2D eigenvalue weighted by Crippen LogP contribution is -2.61. The number of piperidine rings is 1. The number of rotatable bonds is 7. The average Bonchev–Trinajstić information content (AvgIpc) is 2.82. The topological polar surface area (TPSA) is 106 Å². The first-order valence-electron chi connectivity index (χ1n) is 13.0. The molecule has 0 spiro atoms. The maximum absolute atomic E-state index is 12.9. The number of ether oxygens (including phenoxy) is 1. The number of hydrogen-bond acceptors (Lipinski definition) is 8. The first kappa shape index (κ1) is 27.6. The van der Waals surface area contributed by atoms with Crippen LogP contribution in [-0.2, 0) is 4.79 Å². The van der Waals surface area contributed by atoms with Gasteiger partial charge in [-0.3, -0.25) is 14.1 Å². The highest BCUT2D eigenvalue weighted by atomic mass is 19.1. The summed E-state index contributed by atoms with van der Waals surface area (Å²) in [5.41, 5.74) is 0.538. The van der Waals surface area contributed by atoms with Crippen molar-refractivity contribution in [1.82, 2.24) is 14.9 Å². The van der Waals surface area contributed by atoms with Crippen LogP contribution < -0.4 is 20.3 Å². The second kappa shape index (κ2) is 10.0. The van der Waals surface area contributed by atoms with Crippen molar-refractivity contribution in [3.05, 3.63) is 30.0 Å². The molecule has 0 atom stereocenters. The molecule has 1 aromatic carbocycles. The standard InChI is InChI=1S/C28H38FN7O2/c1-26(2)14-20(15-27(3,4)35(26)7)32-23-18(16-30)17-31-25(34-23)33-19-9-10-21-22(13-19)38-28(5,6)24(37)36(21)12-8-11-29/h9-10,13,17,20H,8,11-12,14-15H2,1-7H3,(H2,31,32,33,34). The summed E-state index contributed by atoms with van der Waals surface area (Å²) in [6.07, 6.45) is 3.57. The number of halogens is 1. The van der Waals surface area contributed by atoms with Crippen molar-refractivity contribution in [1.29, 1.82) is 5.26 Å². The van der Waals surface area contributed by atoms with Crippen molar-refractivity contribution in [2.24, 2.45) is 0 Å². The monoisotopic (exact) mass is 523 g/mol. The number of nitrogens with one attached hydrogen (secondary N) is 2. The molecule has 0 saturated carbocycles. The second-order valence-electron chi connectivity index (χ2n) is 11.9. The van der Waals surface area contributed by atoms with Gasteiger partial charge in [-0.05, 0) is 80.0 Å². The number of benzene rings is 1. The molecule has 0 radical (unpaired) electrons. The molecule has 0 unspecified atom stereocenters. The molecule has 0 aliphatic carbocycles. The summed E-state index contributed by atoms with van der Waals surface area (Å²) in [5, 5.41) is 16.4. The molecule has 1 saturated heterocycles. The van der Waals surface area contributed by atoms with Crippen LogP contribution in [0.3, 0.4) is 0 Å². The number of carbonyl (C=O) groups excluding carboxylic acids is 1. The summed E-state index contributed by atoms with van der Waals surface area (Å²) in [5.74, 6) is 1.13. The number of anilines is 4. The normalized spacial score (nSPS) is 20.3. The van der Waals surface area contributed by atoms with Gasteiger partial charge < -0.3 is 20.3 Å². The fourth-order valence-electron chi connectivity index (χ4n) is 5.52. The van der Waals surface area contributed by atoms with E-state index in [9.17, 15) is 14.4 Å². The highest BCUT2D eigenvalue weighted by molar-refractivity contribution is 6.02. The average molecular weight is 524 g/mol. The Hall–Kier alpha value is -3.45. The summed E-state index contributed by atoms with van der Waals surface area (Å²) in [6, 6.07) is 7.68. The Labute approximate surface area is 224 Å². The molecular weight excluding hydrogens is 485 g/mol. The Kier molecular flexibility index (Phi) is 7.28. The van der Waals surface area contributed by atoms with Gasteiger partial charge in [0.05, 0.1) is 18.6 Å². The lowest BCUT2D eigenvalue weighted by molar-refractivity contribution is -0.132. The lowest BCUT2D eigenvalue weighted by atomic mass is 9.77. The van der Waals surface area contributed by atoms with E-state index in [0.29, 0.717) is 34.5 Å². The van der Waals surface area contributed by atoms with E-state index in [1.54, 1.807) is 36.9 Å². The third-order valence-corrected chi connectivity index (χ3v) is 7.71. The Morgan fingerprint density at radius 2 is 1.87 bits per heavy atom. The van der Waals surface area contributed by atoms with Crippen molar-refractivity contribution in [2.45, 2.75) is 83.5 Å². The van der Waals surface area contributed by atoms with Gasteiger partial charge in [0.25, 0.3) is 5.91 Å². The number of aromatic nitrogens is 2. The van der Waals surface area contributed by atoms with E-state index in [1.807, 2.05) is 0 Å². The number of likely N-dealkylation sites (tertiary alicyclic amines) is 1. The number of carbonyl (C=O) groups is 1. The van der Waals surface area contributed by atoms with E-state index in [0.717, 1.165) is 12.8 Å². The highest BCUT2D eigenvalue weighted by Crippen LogP contribution is 2.41. The fourth-order valence-corrected chi connectivity index (χ4v) is 5.52. The summed E-state index contributed by atoms with van der Waals surface area (Å²) < 4.78 is 18.9. The summed E-state index contributed by atoms with van der Waals surface area (Å²) in [7, 11) is 2.16. The zero-order chi connectivity index (χ0) is 27.9. The molecule has 1 fully saturated rings. The van der Waals surface area contributed by atoms with Gasteiger partial charge in [0.2, 0.25) is 5.95 Å². The van der Waals surface area contributed by atoms with Crippen molar-refractivity contribution >= 4 is 29.0 Å². The summed E-state index contributed by atoms with van der Waals surface area (Å²) >= 11 is 0. The van der Waals surface area contributed by atoms with E-state index < -0.39 is 12.3 Å².